The molecule has 2 nitrogen and oxygen atoms in total. The van der Waals surface area contributed by atoms with Crippen molar-refractivity contribution >= 4 is 22.8 Å². The van der Waals surface area contributed by atoms with Crippen molar-refractivity contribution in [2.24, 2.45) is 0 Å². The second-order valence-electron chi connectivity index (χ2n) is 6.46. The molecule has 0 aromatic heterocycles. The largest absolute Gasteiger partial charge is 0.463 e. The van der Waals surface area contributed by atoms with Crippen molar-refractivity contribution in [1.82, 2.24) is 0 Å². The highest BCUT2D eigenvalue weighted by atomic mass is 16.5. The van der Waals surface area contributed by atoms with Crippen LogP contribution in [0.15, 0.2) is 66.7 Å². The third-order valence-electron chi connectivity index (χ3n) is 4.48. The summed E-state index contributed by atoms with van der Waals surface area (Å²) in [6.45, 7) is 4.66. The van der Waals surface area contributed by atoms with Crippen LogP contribution < -0.4 is 0 Å². The molecule has 0 spiro atoms. The quantitative estimate of drug-likeness (QED) is 0.303. The third kappa shape index (κ3) is 4.20. The lowest BCUT2D eigenvalue weighted by molar-refractivity contribution is -0.137. The SMILES string of the molecule is CCCCOC(=O)/C=C/c1ccc(-c2cccc3ccccc23)c(C)c1. The van der Waals surface area contributed by atoms with E-state index in [2.05, 4.69) is 68.4 Å². The van der Waals surface area contributed by atoms with Crippen molar-refractivity contribution in [3.05, 3.63) is 77.9 Å². The molecule has 0 aliphatic carbocycles. The van der Waals surface area contributed by atoms with Gasteiger partial charge in [-0.2, -0.15) is 0 Å². The number of rotatable bonds is 6. The van der Waals surface area contributed by atoms with Crippen LogP contribution in [0.5, 0.6) is 0 Å². The van der Waals surface area contributed by atoms with E-state index in [-0.39, 0.29) is 5.97 Å². The lowest BCUT2D eigenvalue weighted by Gasteiger charge is -2.10. The maximum absolute atomic E-state index is 11.7. The van der Waals surface area contributed by atoms with Gasteiger partial charge in [0.25, 0.3) is 0 Å². The number of unbranched alkanes of at least 4 members (excludes halogenated alkanes) is 1. The van der Waals surface area contributed by atoms with Crippen LogP contribution in [0.3, 0.4) is 0 Å². The van der Waals surface area contributed by atoms with Gasteiger partial charge in [-0.15, -0.1) is 0 Å². The molecule has 132 valence electrons. The van der Waals surface area contributed by atoms with Gasteiger partial charge < -0.3 is 4.74 Å². The van der Waals surface area contributed by atoms with E-state index in [1.54, 1.807) is 0 Å². The Morgan fingerprint density at radius 1 is 1.00 bits per heavy atom. The van der Waals surface area contributed by atoms with Crippen LogP contribution in [0.25, 0.3) is 28.0 Å². The molecule has 0 unspecified atom stereocenters. The Labute approximate surface area is 155 Å². The summed E-state index contributed by atoms with van der Waals surface area (Å²) in [4.78, 5) is 11.7. The Hall–Kier alpha value is -2.87. The maximum Gasteiger partial charge on any atom is 0.330 e. The number of hydrogen-bond acceptors (Lipinski definition) is 2. The summed E-state index contributed by atoms with van der Waals surface area (Å²) in [5, 5.41) is 2.49. The van der Waals surface area contributed by atoms with Crippen molar-refractivity contribution < 1.29 is 9.53 Å². The van der Waals surface area contributed by atoms with Crippen molar-refractivity contribution in [1.29, 1.82) is 0 Å². The average Bonchev–Trinajstić information content (AvgIpc) is 2.66. The summed E-state index contributed by atoms with van der Waals surface area (Å²) in [6, 6.07) is 21.1. The van der Waals surface area contributed by atoms with Crippen LogP contribution >= 0.6 is 0 Å². The number of hydrogen-bond donors (Lipinski definition) is 0. The number of benzene rings is 3. The Morgan fingerprint density at radius 3 is 2.62 bits per heavy atom. The topological polar surface area (TPSA) is 26.3 Å². The number of carbonyl (C=O) groups excluding carboxylic acids is 1. The maximum atomic E-state index is 11.7. The molecular weight excluding hydrogens is 320 g/mol. The zero-order chi connectivity index (χ0) is 18.4. The van der Waals surface area contributed by atoms with Crippen LogP contribution in [0.1, 0.15) is 30.9 Å². The van der Waals surface area contributed by atoms with Gasteiger partial charge in [-0.3, -0.25) is 0 Å². The monoisotopic (exact) mass is 344 g/mol. The fourth-order valence-corrected chi connectivity index (χ4v) is 3.08. The molecule has 0 amide bonds. The molecule has 0 N–H and O–H groups in total. The summed E-state index contributed by atoms with van der Waals surface area (Å²) in [6.07, 6.45) is 5.24. The minimum atomic E-state index is -0.283. The van der Waals surface area contributed by atoms with E-state index in [0.29, 0.717) is 6.61 Å². The zero-order valence-corrected chi connectivity index (χ0v) is 15.4. The summed E-state index contributed by atoms with van der Waals surface area (Å²) < 4.78 is 5.15. The summed E-state index contributed by atoms with van der Waals surface area (Å²) in [5.74, 6) is -0.283. The first-order valence-electron chi connectivity index (χ1n) is 9.12. The molecule has 0 saturated heterocycles. The molecule has 3 rings (SSSR count). The number of esters is 1. The van der Waals surface area contributed by atoms with Gasteiger partial charge in [0.15, 0.2) is 0 Å². The molecule has 0 fully saturated rings. The zero-order valence-electron chi connectivity index (χ0n) is 15.4. The number of fused-ring (bicyclic) bond motifs is 1. The first-order chi connectivity index (χ1) is 12.7. The Kier molecular flexibility index (Phi) is 5.85. The molecule has 0 aliphatic heterocycles. The highest BCUT2D eigenvalue weighted by molar-refractivity contribution is 5.97. The number of carbonyl (C=O) groups is 1. The molecule has 2 heteroatoms. The van der Waals surface area contributed by atoms with Gasteiger partial charge >= 0.3 is 5.97 Å². The molecule has 0 aliphatic rings. The first kappa shape index (κ1) is 17.9. The highest BCUT2D eigenvalue weighted by Crippen LogP contribution is 2.31. The van der Waals surface area contributed by atoms with Crippen molar-refractivity contribution in [2.45, 2.75) is 26.7 Å². The van der Waals surface area contributed by atoms with Crippen LogP contribution in [0, 0.1) is 6.92 Å². The van der Waals surface area contributed by atoms with E-state index in [0.717, 1.165) is 18.4 Å². The highest BCUT2D eigenvalue weighted by Gasteiger charge is 2.06. The van der Waals surface area contributed by atoms with Gasteiger partial charge in [-0.05, 0) is 52.4 Å². The Bertz CT molecular complexity index is 933. The summed E-state index contributed by atoms with van der Waals surface area (Å²) in [5.41, 5.74) is 4.63. The lowest BCUT2D eigenvalue weighted by Crippen LogP contribution is -2.01. The van der Waals surface area contributed by atoms with E-state index in [1.165, 1.54) is 33.5 Å². The number of ether oxygens (including phenoxy) is 1. The fraction of sp³-hybridized carbons (Fsp3) is 0.208. The van der Waals surface area contributed by atoms with Gasteiger partial charge in [0, 0.05) is 6.08 Å². The fourth-order valence-electron chi connectivity index (χ4n) is 3.08. The second kappa shape index (κ2) is 8.48. The number of aryl methyl sites for hydroxylation is 1. The van der Waals surface area contributed by atoms with E-state index >= 15 is 0 Å². The molecule has 3 aromatic rings. The van der Waals surface area contributed by atoms with E-state index in [4.69, 9.17) is 4.74 Å². The Morgan fingerprint density at radius 2 is 1.81 bits per heavy atom. The van der Waals surface area contributed by atoms with Gasteiger partial charge in [0.2, 0.25) is 0 Å². The normalized spacial score (nSPS) is 11.2. The van der Waals surface area contributed by atoms with Crippen LogP contribution in [-0.4, -0.2) is 12.6 Å². The van der Waals surface area contributed by atoms with Gasteiger partial charge in [-0.25, -0.2) is 4.79 Å². The van der Waals surface area contributed by atoms with Crippen molar-refractivity contribution in [3.8, 4) is 11.1 Å². The molecule has 0 bridgehead atoms. The van der Waals surface area contributed by atoms with Crippen molar-refractivity contribution in [3.63, 3.8) is 0 Å². The minimum Gasteiger partial charge on any atom is -0.463 e. The lowest BCUT2D eigenvalue weighted by atomic mass is 9.94. The van der Waals surface area contributed by atoms with Gasteiger partial charge in [0.1, 0.15) is 0 Å². The minimum absolute atomic E-state index is 0.283. The Balaban J connectivity index is 1.83. The third-order valence-corrected chi connectivity index (χ3v) is 4.48. The van der Waals surface area contributed by atoms with Gasteiger partial charge in [-0.1, -0.05) is 74.0 Å². The van der Waals surface area contributed by atoms with Gasteiger partial charge in [0.05, 0.1) is 6.61 Å². The predicted octanol–water partition coefficient (Wildman–Crippen LogP) is 6.17. The van der Waals surface area contributed by atoms with E-state index < -0.39 is 0 Å². The van der Waals surface area contributed by atoms with Crippen LogP contribution in [0.2, 0.25) is 0 Å². The molecule has 26 heavy (non-hydrogen) atoms. The van der Waals surface area contributed by atoms with Crippen LogP contribution in [-0.2, 0) is 9.53 Å². The molecule has 0 saturated carbocycles. The molecular formula is C24H24O2. The summed E-state index contributed by atoms with van der Waals surface area (Å²) >= 11 is 0. The first-order valence-corrected chi connectivity index (χ1v) is 9.12. The van der Waals surface area contributed by atoms with E-state index in [9.17, 15) is 4.79 Å². The van der Waals surface area contributed by atoms with E-state index in [1.807, 2.05) is 12.1 Å². The molecule has 0 radical (unpaired) electrons. The summed E-state index contributed by atoms with van der Waals surface area (Å²) in [7, 11) is 0. The predicted molar refractivity (Wildman–Crippen MR) is 109 cm³/mol. The van der Waals surface area contributed by atoms with Crippen molar-refractivity contribution in [2.75, 3.05) is 6.61 Å². The standard InChI is InChI=1S/C24H24O2/c1-3-4-16-26-24(25)15-13-19-12-14-21(18(2)17-19)23-11-7-9-20-8-5-6-10-22(20)23/h5-15,17H,3-4,16H2,1-2H3/b15-13+. The second-order valence-corrected chi connectivity index (χ2v) is 6.46. The smallest absolute Gasteiger partial charge is 0.330 e. The molecule has 0 atom stereocenters. The molecule has 0 heterocycles. The van der Waals surface area contributed by atoms with Crippen LogP contribution in [0.4, 0.5) is 0 Å². The average molecular weight is 344 g/mol. The molecule has 3 aromatic carbocycles.